The molecule has 2 aromatic carbocycles. The lowest BCUT2D eigenvalue weighted by atomic mass is 10.1. The first kappa shape index (κ1) is 15.1. The van der Waals surface area contributed by atoms with E-state index in [1.54, 1.807) is 36.0 Å². The number of nitrogens with one attached hydrogen (secondary N) is 1. The highest BCUT2D eigenvalue weighted by molar-refractivity contribution is 7.98. The Balaban J connectivity index is 2.06. The molecule has 108 valence electrons. The minimum absolute atomic E-state index is 0.103. The third-order valence-electron chi connectivity index (χ3n) is 2.79. The van der Waals surface area contributed by atoms with Gasteiger partial charge in [0.25, 0.3) is 0 Å². The predicted octanol–water partition coefficient (Wildman–Crippen LogP) is 3.64. The number of benzene rings is 2. The second-order valence-corrected chi connectivity index (χ2v) is 5.49. The van der Waals surface area contributed by atoms with Gasteiger partial charge in [0.1, 0.15) is 0 Å². The fourth-order valence-electron chi connectivity index (χ4n) is 1.79. The molecule has 0 fully saturated rings. The molecule has 0 heterocycles. The van der Waals surface area contributed by atoms with Crippen LogP contribution in [0.25, 0.3) is 0 Å². The number of hydrogen-bond acceptors (Lipinski definition) is 3. The highest BCUT2D eigenvalue weighted by atomic mass is 32.2. The molecule has 2 aromatic rings. The standard InChI is InChI=1S/C16H15NO3S/c1-11(18)17-14-4-2-3-5-15(14)21-10-12-6-8-13(9-7-12)16(19)20/h2-9H,10H2,1H3,(H,17,18)(H,19,20). The van der Waals surface area contributed by atoms with Gasteiger partial charge < -0.3 is 10.4 Å². The number of carbonyl (C=O) groups excluding carboxylic acids is 1. The summed E-state index contributed by atoms with van der Waals surface area (Å²) in [6.07, 6.45) is 0. The van der Waals surface area contributed by atoms with Gasteiger partial charge in [-0.2, -0.15) is 0 Å². The van der Waals surface area contributed by atoms with E-state index in [1.807, 2.05) is 24.3 Å². The number of anilines is 1. The van der Waals surface area contributed by atoms with Crippen LogP contribution in [0.15, 0.2) is 53.4 Å². The van der Waals surface area contributed by atoms with Crippen LogP contribution in [-0.2, 0) is 10.5 Å². The maximum Gasteiger partial charge on any atom is 0.335 e. The van der Waals surface area contributed by atoms with Gasteiger partial charge in [-0.3, -0.25) is 4.79 Å². The quantitative estimate of drug-likeness (QED) is 0.828. The monoisotopic (exact) mass is 301 g/mol. The smallest absolute Gasteiger partial charge is 0.335 e. The zero-order valence-corrected chi connectivity index (χ0v) is 12.3. The zero-order valence-electron chi connectivity index (χ0n) is 11.5. The molecular weight excluding hydrogens is 286 g/mol. The average Bonchev–Trinajstić information content (AvgIpc) is 2.46. The van der Waals surface area contributed by atoms with Crippen LogP contribution in [0.1, 0.15) is 22.8 Å². The van der Waals surface area contributed by atoms with Gasteiger partial charge in [0.05, 0.1) is 11.3 Å². The Kier molecular flexibility index (Phi) is 5.00. The van der Waals surface area contributed by atoms with E-state index >= 15 is 0 Å². The lowest BCUT2D eigenvalue weighted by molar-refractivity contribution is -0.114. The summed E-state index contributed by atoms with van der Waals surface area (Å²) in [6.45, 7) is 1.48. The first-order chi connectivity index (χ1) is 10.1. The van der Waals surface area contributed by atoms with Crippen LogP contribution in [0, 0.1) is 0 Å². The molecule has 0 aliphatic carbocycles. The van der Waals surface area contributed by atoms with Gasteiger partial charge >= 0.3 is 5.97 Å². The Labute approximate surface area is 127 Å². The summed E-state index contributed by atoms with van der Waals surface area (Å²) in [5, 5.41) is 11.7. The third kappa shape index (κ3) is 4.36. The van der Waals surface area contributed by atoms with E-state index < -0.39 is 5.97 Å². The third-order valence-corrected chi connectivity index (χ3v) is 3.94. The van der Waals surface area contributed by atoms with E-state index in [2.05, 4.69) is 5.32 Å². The fourth-order valence-corrected chi connectivity index (χ4v) is 2.75. The minimum atomic E-state index is -0.926. The van der Waals surface area contributed by atoms with Crippen molar-refractivity contribution in [2.75, 3.05) is 5.32 Å². The molecule has 0 saturated heterocycles. The number of hydrogen-bond donors (Lipinski definition) is 2. The van der Waals surface area contributed by atoms with Crippen molar-refractivity contribution >= 4 is 29.3 Å². The predicted molar refractivity (Wildman–Crippen MR) is 83.7 cm³/mol. The molecule has 0 bridgehead atoms. The molecule has 2 rings (SSSR count). The SMILES string of the molecule is CC(=O)Nc1ccccc1SCc1ccc(C(=O)O)cc1. The molecule has 0 saturated carbocycles. The van der Waals surface area contributed by atoms with E-state index in [-0.39, 0.29) is 11.5 Å². The zero-order chi connectivity index (χ0) is 15.2. The van der Waals surface area contributed by atoms with Gasteiger partial charge in [-0.05, 0) is 29.8 Å². The van der Waals surface area contributed by atoms with Gasteiger partial charge in [-0.1, -0.05) is 24.3 Å². The van der Waals surface area contributed by atoms with Crippen molar-refractivity contribution in [3.8, 4) is 0 Å². The number of carboxylic acids is 1. The highest BCUT2D eigenvalue weighted by Gasteiger charge is 2.05. The Morgan fingerprint density at radius 2 is 1.76 bits per heavy atom. The molecule has 2 N–H and O–H groups in total. The van der Waals surface area contributed by atoms with Crippen molar-refractivity contribution in [1.82, 2.24) is 0 Å². The molecule has 21 heavy (non-hydrogen) atoms. The lowest BCUT2D eigenvalue weighted by Gasteiger charge is -2.09. The molecule has 0 radical (unpaired) electrons. The van der Waals surface area contributed by atoms with Gasteiger partial charge in [0, 0.05) is 17.6 Å². The molecule has 0 unspecified atom stereocenters. The van der Waals surface area contributed by atoms with E-state index in [4.69, 9.17) is 5.11 Å². The average molecular weight is 301 g/mol. The molecule has 0 aromatic heterocycles. The number of carbonyl (C=O) groups is 2. The summed E-state index contributed by atoms with van der Waals surface area (Å²) in [5.41, 5.74) is 2.10. The fraction of sp³-hybridized carbons (Fsp3) is 0.125. The van der Waals surface area contributed by atoms with Gasteiger partial charge in [-0.25, -0.2) is 4.79 Å². The van der Waals surface area contributed by atoms with Crippen LogP contribution in [0.3, 0.4) is 0 Å². The van der Waals surface area contributed by atoms with Crippen molar-refractivity contribution in [3.63, 3.8) is 0 Å². The van der Waals surface area contributed by atoms with E-state index in [0.717, 1.165) is 16.1 Å². The molecular formula is C16H15NO3S. The van der Waals surface area contributed by atoms with Crippen molar-refractivity contribution < 1.29 is 14.7 Å². The lowest BCUT2D eigenvalue weighted by Crippen LogP contribution is -2.06. The van der Waals surface area contributed by atoms with E-state index in [0.29, 0.717) is 5.75 Å². The Hall–Kier alpha value is -2.27. The number of rotatable bonds is 5. The van der Waals surface area contributed by atoms with Crippen LogP contribution >= 0.6 is 11.8 Å². The summed E-state index contributed by atoms with van der Waals surface area (Å²) in [4.78, 5) is 22.9. The number of aromatic carboxylic acids is 1. The highest BCUT2D eigenvalue weighted by Crippen LogP contribution is 2.29. The Morgan fingerprint density at radius 1 is 1.10 bits per heavy atom. The maximum atomic E-state index is 11.2. The molecule has 0 atom stereocenters. The van der Waals surface area contributed by atoms with E-state index in [9.17, 15) is 9.59 Å². The van der Waals surface area contributed by atoms with Gasteiger partial charge in [-0.15, -0.1) is 11.8 Å². The number of carboxylic acid groups (broad SMARTS) is 1. The second kappa shape index (κ2) is 6.95. The number of thioether (sulfide) groups is 1. The Bertz CT molecular complexity index is 653. The first-order valence-corrected chi connectivity index (χ1v) is 7.36. The normalized spacial score (nSPS) is 10.1. The van der Waals surface area contributed by atoms with Crippen LogP contribution in [0.2, 0.25) is 0 Å². The summed E-state index contributed by atoms with van der Waals surface area (Å²) in [6, 6.07) is 14.4. The van der Waals surface area contributed by atoms with Crippen LogP contribution in [0.4, 0.5) is 5.69 Å². The van der Waals surface area contributed by atoms with Crippen molar-refractivity contribution in [2.45, 2.75) is 17.6 Å². The summed E-state index contributed by atoms with van der Waals surface area (Å²) >= 11 is 1.59. The molecule has 1 amide bonds. The molecule has 0 spiro atoms. The second-order valence-electron chi connectivity index (χ2n) is 4.47. The van der Waals surface area contributed by atoms with Crippen LogP contribution in [-0.4, -0.2) is 17.0 Å². The van der Waals surface area contributed by atoms with Gasteiger partial charge in [0.15, 0.2) is 0 Å². The first-order valence-electron chi connectivity index (χ1n) is 6.38. The molecule has 0 aliphatic rings. The topological polar surface area (TPSA) is 66.4 Å². The summed E-state index contributed by atoms with van der Waals surface area (Å²) < 4.78 is 0. The van der Waals surface area contributed by atoms with Crippen molar-refractivity contribution in [3.05, 3.63) is 59.7 Å². The van der Waals surface area contributed by atoms with Crippen LogP contribution in [0.5, 0.6) is 0 Å². The molecule has 5 heteroatoms. The van der Waals surface area contributed by atoms with Crippen LogP contribution < -0.4 is 5.32 Å². The van der Waals surface area contributed by atoms with Gasteiger partial charge in [0.2, 0.25) is 5.91 Å². The number of amides is 1. The summed E-state index contributed by atoms with van der Waals surface area (Å²) in [5.74, 6) is -0.324. The molecule has 4 nitrogen and oxygen atoms in total. The van der Waals surface area contributed by atoms with Crippen molar-refractivity contribution in [2.24, 2.45) is 0 Å². The largest absolute Gasteiger partial charge is 0.478 e. The minimum Gasteiger partial charge on any atom is -0.478 e. The van der Waals surface area contributed by atoms with Crippen molar-refractivity contribution in [1.29, 1.82) is 0 Å². The molecule has 0 aliphatic heterocycles. The Morgan fingerprint density at radius 3 is 2.38 bits per heavy atom. The summed E-state index contributed by atoms with van der Waals surface area (Å²) in [7, 11) is 0. The number of para-hydroxylation sites is 1. The maximum absolute atomic E-state index is 11.2. The van der Waals surface area contributed by atoms with E-state index in [1.165, 1.54) is 6.92 Å².